The van der Waals surface area contributed by atoms with Crippen molar-refractivity contribution in [3.05, 3.63) is 52.4 Å². The van der Waals surface area contributed by atoms with Crippen LogP contribution in [0.4, 0.5) is 5.82 Å². The molecule has 4 aromatic rings. The quantitative estimate of drug-likeness (QED) is 0.468. The Morgan fingerprint density at radius 3 is 2.56 bits per heavy atom. The molecule has 0 amide bonds. The van der Waals surface area contributed by atoms with E-state index in [4.69, 9.17) is 28.9 Å². The molecule has 9 nitrogen and oxygen atoms in total. The standard InChI is InChI=1S/C21H21Cl2N9/c1-12-18(22)7-16(8-19(12)23)32-21(28-29-30-32)17-6-13(9-26-20(17)24)14-10-27-31(11-14)15-2-4-25-5-3-15/h6-11,15,25H,2-5H2,1H3,(H2,24,26). The second kappa shape index (κ2) is 8.50. The highest BCUT2D eigenvalue weighted by molar-refractivity contribution is 6.36. The van der Waals surface area contributed by atoms with Gasteiger partial charge in [0.2, 0.25) is 0 Å². The number of hydrogen-bond acceptors (Lipinski definition) is 7. The predicted octanol–water partition coefficient (Wildman–Crippen LogP) is 3.71. The topological polar surface area (TPSA) is 112 Å². The zero-order valence-corrected chi connectivity index (χ0v) is 18.8. The van der Waals surface area contributed by atoms with E-state index in [0.29, 0.717) is 39.0 Å². The zero-order valence-electron chi connectivity index (χ0n) is 17.3. The first kappa shape index (κ1) is 20.9. The Bertz CT molecular complexity index is 1250. The van der Waals surface area contributed by atoms with Gasteiger partial charge in [0.1, 0.15) is 5.82 Å². The number of rotatable bonds is 4. The van der Waals surface area contributed by atoms with Crippen molar-refractivity contribution in [1.82, 2.24) is 40.3 Å². The first-order valence-electron chi connectivity index (χ1n) is 10.3. The number of pyridine rings is 1. The molecule has 0 aliphatic carbocycles. The molecule has 11 heteroatoms. The Balaban J connectivity index is 1.53. The number of piperidine rings is 1. The maximum absolute atomic E-state index is 6.32. The highest BCUT2D eigenvalue weighted by atomic mass is 35.5. The van der Waals surface area contributed by atoms with Crippen LogP contribution < -0.4 is 11.1 Å². The van der Waals surface area contributed by atoms with Crippen molar-refractivity contribution in [2.45, 2.75) is 25.8 Å². The number of halogens is 2. The molecule has 1 fully saturated rings. The van der Waals surface area contributed by atoms with Crippen molar-refractivity contribution >= 4 is 29.0 Å². The minimum absolute atomic E-state index is 0.319. The van der Waals surface area contributed by atoms with Crippen molar-refractivity contribution < 1.29 is 0 Å². The molecule has 0 bridgehead atoms. The molecule has 164 valence electrons. The number of hydrogen-bond donors (Lipinski definition) is 2. The van der Waals surface area contributed by atoms with Gasteiger partial charge in [-0.05, 0) is 67.0 Å². The van der Waals surface area contributed by atoms with Crippen molar-refractivity contribution in [2.75, 3.05) is 18.8 Å². The number of nitrogens with one attached hydrogen (secondary N) is 1. The molecule has 5 rings (SSSR count). The summed E-state index contributed by atoms with van der Waals surface area (Å²) in [6, 6.07) is 5.85. The lowest BCUT2D eigenvalue weighted by molar-refractivity contribution is 0.343. The van der Waals surface area contributed by atoms with E-state index in [2.05, 4.69) is 37.1 Å². The van der Waals surface area contributed by atoms with E-state index in [9.17, 15) is 0 Å². The van der Waals surface area contributed by atoms with E-state index in [0.717, 1.165) is 42.6 Å². The maximum Gasteiger partial charge on any atom is 0.190 e. The van der Waals surface area contributed by atoms with Gasteiger partial charge in [0, 0.05) is 33.6 Å². The third-order valence-corrected chi connectivity index (χ3v) is 6.54. The average Bonchev–Trinajstić information content (AvgIpc) is 3.48. The number of nitrogens with zero attached hydrogens (tertiary/aromatic N) is 7. The van der Waals surface area contributed by atoms with Crippen LogP contribution in [-0.4, -0.2) is 48.1 Å². The van der Waals surface area contributed by atoms with Crippen molar-refractivity contribution in [1.29, 1.82) is 0 Å². The molecule has 0 radical (unpaired) electrons. The smallest absolute Gasteiger partial charge is 0.190 e. The van der Waals surface area contributed by atoms with Crippen molar-refractivity contribution in [2.24, 2.45) is 0 Å². The Hall–Kier alpha value is -3.01. The van der Waals surface area contributed by atoms with Crippen LogP contribution in [0.15, 0.2) is 36.8 Å². The fourth-order valence-corrected chi connectivity index (χ4v) is 4.33. The second-order valence-corrected chi connectivity index (χ2v) is 8.61. The van der Waals surface area contributed by atoms with Gasteiger partial charge in [0.25, 0.3) is 0 Å². The third kappa shape index (κ3) is 3.83. The van der Waals surface area contributed by atoms with Crippen LogP contribution >= 0.6 is 23.2 Å². The molecule has 3 N–H and O–H groups in total. The van der Waals surface area contributed by atoms with Crippen LogP contribution in [0, 0.1) is 6.92 Å². The van der Waals surface area contributed by atoms with Gasteiger partial charge in [0.15, 0.2) is 5.82 Å². The predicted molar refractivity (Wildman–Crippen MR) is 124 cm³/mol. The van der Waals surface area contributed by atoms with Crippen LogP contribution in [-0.2, 0) is 0 Å². The highest BCUT2D eigenvalue weighted by Crippen LogP contribution is 2.32. The van der Waals surface area contributed by atoms with E-state index in [1.807, 2.05) is 23.9 Å². The van der Waals surface area contributed by atoms with E-state index in [-0.39, 0.29) is 0 Å². The molecule has 1 aliphatic rings. The van der Waals surface area contributed by atoms with Crippen LogP contribution in [0.25, 0.3) is 28.2 Å². The van der Waals surface area contributed by atoms with Gasteiger partial charge in [0.05, 0.1) is 23.5 Å². The lowest BCUT2D eigenvalue weighted by Gasteiger charge is -2.22. The Kier molecular flexibility index (Phi) is 5.54. The van der Waals surface area contributed by atoms with Gasteiger partial charge in [-0.2, -0.15) is 9.78 Å². The first-order valence-corrected chi connectivity index (χ1v) is 11.0. The van der Waals surface area contributed by atoms with E-state index < -0.39 is 0 Å². The summed E-state index contributed by atoms with van der Waals surface area (Å²) in [5.74, 6) is 0.762. The Morgan fingerprint density at radius 2 is 1.81 bits per heavy atom. The number of nitrogens with two attached hydrogens (primary N) is 1. The van der Waals surface area contributed by atoms with Gasteiger partial charge >= 0.3 is 0 Å². The van der Waals surface area contributed by atoms with Gasteiger partial charge in [-0.1, -0.05) is 23.2 Å². The lowest BCUT2D eigenvalue weighted by Crippen LogP contribution is -2.29. The molecule has 0 spiro atoms. The van der Waals surface area contributed by atoms with E-state index in [1.54, 1.807) is 23.0 Å². The fraction of sp³-hybridized carbons (Fsp3) is 0.286. The molecule has 4 heterocycles. The zero-order chi connectivity index (χ0) is 22.2. The summed E-state index contributed by atoms with van der Waals surface area (Å²) >= 11 is 12.6. The molecule has 32 heavy (non-hydrogen) atoms. The minimum Gasteiger partial charge on any atom is -0.383 e. The second-order valence-electron chi connectivity index (χ2n) is 7.80. The van der Waals surface area contributed by atoms with Crippen LogP contribution in [0.2, 0.25) is 10.0 Å². The van der Waals surface area contributed by atoms with Gasteiger partial charge < -0.3 is 11.1 Å². The highest BCUT2D eigenvalue weighted by Gasteiger charge is 2.19. The molecule has 1 aromatic carbocycles. The maximum atomic E-state index is 6.32. The number of aromatic nitrogens is 7. The summed E-state index contributed by atoms with van der Waals surface area (Å²) in [6.07, 6.45) is 7.75. The van der Waals surface area contributed by atoms with Crippen molar-refractivity contribution in [3.8, 4) is 28.2 Å². The largest absolute Gasteiger partial charge is 0.383 e. The summed E-state index contributed by atoms with van der Waals surface area (Å²) in [5, 5.41) is 21.2. The number of tetrazole rings is 1. The lowest BCUT2D eigenvalue weighted by atomic mass is 10.1. The average molecular weight is 470 g/mol. The van der Waals surface area contributed by atoms with Gasteiger partial charge in [-0.3, -0.25) is 4.68 Å². The number of nitrogen functional groups attached to an aromatic ring is 1. The molecule has 3 aromatic heterocycles. The summed E-state index contributed by atoms with van der Waals surface area (Å²) in [4.78, 5) is 4.39. The first-order chi connectivity index (χ1) is 15.5. The molecular weight excluding hydrogens is 449 g/mol. The summed E-state index contributed by atoms with van der Waals surface area (Å²) in [6.45, 7) is 3.86. The summed E-state index contributed by atoms with van der Waals surface area (Å²) in [7, 11) is 0. The monoisotopic (exact) mass is 469 g/mol. The van der Waals surface area contributed by atoms with Crippen molar-refractivity contribution in [3.63, 3.8) is 0 Å². The summed E-state index contributed by atoms with van der Waals surface area (Å²) in [5.41, 5.74) is 10.1. The van der Waals surface area contributed by atoms with E-state index >= 15 is 0 Å². The number of benzene rings is 1. The Morgan fingerprint density at radius 1 is 1.06 bits per heavy atom. The molecule has 1 saturated heterocycles. The molecule has 0 unspecified atom stereocenters. The molecule has 0 saturated carbocycles. The third-order valence-electron chi connectivity index (χ3n) is 5.76. The molecular formula is C21H21Cl2N9. The molecule has 0 atom stereocenters. The summed E-state index contributed by atoms with van der Waals surface area (Å²) < 4.78 is 3.58. The Labute approximate surface area is 194 Å². The normalized spacial score (nSPS) is 14.7. The minimum atomic E-state index is 0.319. The fourth-order valence-electron chi connectivity index (χ4n) is 3.85. The molecule has 1 aliphatic heterocycles. The SMILES string of the molecule is Cc1c(Cl)cc(-n2nnnc2-c2cc(-c3cnn(C4CCNCC4)c3)cnc2N)cc1Cl. The van der Waals surface area contributed by atoms with Crippen LogP contribution in [0.3, 0.4) is 0 Å². The number of anilines is 1. The van der Waals surface area contributed by atoms with Crippen LogP contribution in [0.5, 0.6) is 0 Å². The van der Waals surface area contributed by atoms with Gasteiger partial charge in [-0.15, -0.1) is 5.10 Å². The van der Waals surface area contributed by atoms with Crippen LogP contribution in [0.1, 0.15) is 24.4 Å². The van der Waals surface area contributed by atoms with E-state index in [1.165, 1.54) is 0 Å². The van der Waals surface area contributed by atoms with Gasteiger partial charge in [-0.25, -0.2) is 4.98 Å².